The van der Waals surface area contributed by atoms with Crippen molar-refractivity contribution in [1.82, 2.24) is 0 Å². The fourth-order valence-corrected chi connectivity index (χ4v) is 7.36. The van der Waals surface area contributed by atoms with Gasteiger partial charge in [0, 0.05) is 40.8 Å². The number of hydrogen-bond donors (Lipinski definition) is 0. The average molecular weight is 596 g/mol. The van der Waals surface area contributed by atoms with Gasteiger partial charge in [-0.3, -0.25) is 0 Å². The maximum atomic E-state index is 5.85. The maximum absolute atomic E-state index is 5.85. The van der Waals surface area contributed by atoms with Gasteiger partial charge in [-0.25, -0.2) is 0 Å². The number of nitrogens with zero attached hydrogens (tertiary/aromatic N) is 1. The molecular formula is C39H49NO4. The number of methoxy groups -OCH3 is 4. The first-order chi connectivity index (χ1) is 21.0. The third-order valence-electron chi connectivity index (χ3n) is 9.77. The van der Waals surface area contributed by atoms with Crippen molar-refractivity contribution in [2.45, 2.75) is 78.1 Å². The van der Waals surface area contributed by atoms with Crippen molar-refractivity contribution in [3.05, 3.63) is 93.8 Å². The molecule has 0 radical (unpaired) electrons. The van der Waals surface area contributed by atoms with Crippen LogP contribution in [-0.2, 0) is 10.8 Å². The van der Waals surface area contributed by atoms with Crippen LogP contribution in [0.15, 0.2) is 77.1 Å². The topological polar surface area (TPSA) is 40.2 Å². The smallest absolute Gasteiger partial charge is 0.146 e. The van der Waals surface area contributed by atoms with Crippen LogP contribution in [0.1, 0.15) is 83.9 Å². The van der Waals surface area contributed by atoms with Crippen LogP contribution in [0, 0.1) is 0 Å². The number of ether oxygens (including phenoxy) is 4. The quantitative estimate of drug-likeness (QED) is 0.289. The highest BCUT2D eigenvalue weighted by molar-refractivity contribution is 5.86. The maximum Gasteiger partial charge on any atom is 0.146 e. The normalized spacial score (nSPS) is 20.3. The van der Waals surface area contributed by atoms with E-state index in [0.717, 1.165) is 60.9 Å². The second-order valence-electron chi connectivity index (χ2n) is 12.9. The molecule has 0 aromatic heterocycles. The van der Waals surface area contributed by atoms with E-state index in [9.17, 15) is 0 Å². The second kappa shape index (κ2) is 12.3. The highest BCUT2D eigenvalue weighted by Crippen LogP contribution is 2.54. The Labute approximate surface area is 264 Å². The largest absolute Gasteiger partial charge is 0.497 e. The number of fused-ring (bicyclic) bond motifs is 2. The standard InChI is InChI=1S/C39H49NO4/c1-11-29-30(38(3,4)31-21-27(41-7)23-33(43-9)36(29)31)18-16-25-14-13-15-26(20-25)17-19-35-39(5,6)32-22-28(42-8)24-34(44-10)37(32)40(35)12-2/h16-24H,11-15H2,1-10H3/b18-16+,26-17+,35-19-. The van der Waals surface area contributed by atoms with Crippen LogP contribution < -0.4 is 23.8 Å². The zero-order chi connectivity index (χ0) is 31.8. The lowest BCUT2D eigenvalue weighted by Crippen LogP contribution is -2.25. The van der Waals surface area contributed by atoms with Crippen LogP contribution in [0.2, 0.25) is 0 Å². The fraction of sp³-hybridized carbons (Fsp3) is 0.436. The molecule has 0 saturated carbocycles. The summed E-state index contributed by atoms with van der Waals surface area (Å²) in [5, 5.41) is 0. The molecule has 0 N–H and O–H groups in total. The Hall–Kier alpha value is -3.86. The van der Waals surface area contributed by atoms with Crippen LogP contribution in [0.3, 0.4) is 0 Å². The summed E-state index contributed by atoms with van der Waals surface area (Å²) in [6.07, 6.45) is 16.0. The summed E-state index contributed by atoms with van der Waals surface area (Å²) in [5.74, 6) is 3.39. The Morgan fingerprint density at radius 2 is 1.41 bits per heavy atom. The monoisotopic (exact) mass is 595 g/mol. The minimum atomic E-state index is -0.179. The number of allylic oxidation sites excluding steroid dienone is 10. The minimum Gasteiger partial charge on any atom is -0.497 e. The Morgan fingerprint density at radius 1 is 0.750 bits per heavy atom. The number of benzene rings is 2. The Bertz CT molecular complexity index is 1600. The second-order valence-corrected chi connectivity index (χ2v) is 12.9. The molecule has 44 heavy (non-hydrogen) atoms. The predicted molar refractivity (Wildman–Crippen MR) is 183 cm³/mol. The van der Waals surface area contributed by atoms with Gasteiger partial charge in [0.1, 0.15) is 23.0 Å². The molecule has 0 fully saturated rings. The van der Waals surface area contributed by atoms with E-state index in [2.05, 4.69) is 89.0 Å². The van der Waals surface area contributed by atoms with Crippen molar-refractivity contribution in [3.63, 3.8) is 0 Å². The lowest BCUT2D eigenvalue weighted by molar-refractivity contribution is 0.391. The summed E-state index contributed by atoms with van der Waals surface area (Å²) in [5.41, 5.74) is 11.3. The van der Waals surface area contributed by atoms with E-state index in [0.29, 0.717) is 0 Å². The number of likely N-dealkylation sites (N-methyl/N-ethyl adjacent to an activating group) is 1. The highest BCUT2D eigenvalue weighted by atomic mass is 16.5. The molecule has 234 valence electrons. The molecule has 1 heterocycles. The molecule has 0 amide bonds. The summed E-state index contributed by atoms with van der Waals surface area (Å²) in [4.78, 5) is 2.39. The van der Waals surface area contributed by atoms with Gasteiger partial charge in [-0.1, -0.05) is 58.9 Å². The third kappa shape index (κ3) is 5.25. The Morgan fingerprint density at radius 3 is 2.02 bits per heavy atom. The highest BCUT2D eigenvalue weighted by Gasteiger charge is 2.42. The van der Waals surface area contributed by atoms with Crippen LogP contribution >= 0.6 is 0 Å². The molecule has 5 rings (SSSR count). The van der Waals surface area contributed by atoms with Gasteiger partial charge >= 0.3 is 0 Å². The lowest BCUT2D eigenvalue weighted by Gasteiger charge is -2.26. The number of anilines is 1. The third-order valence-corrected chi connectivity index (χ3v) is 9.77. The molecule has 2 aromatic carbocycles. The molecule has 1 aliphatic heterocycles. The van der Waals surface area contributed by atoms with Crippen molar-refractivity contribution in [2.75, 3.05) is 39.9 Å². The summed E-state index contributed by atoms with van der Waals surface area (Å²) in [7, 11) is 6.91. The van der Waals surface area contributed by atoms with E-state index in [1.165, 1.54) is 44.7 Å². The molecule has 5 heteroatoms. The van der Waals surface area contributed by atoms with Crippen LogP contribution in [0.25, 0.3) is 5.57 Å². The Kier molecular flexibility index (Phi) is 8.80. The van der Waals surface area contributed by atoms with Crippen molar-refractivity contribution in [2.24, 2.45) is 0 Å². The van der Waals surface area contributed by atoms with Gasteiger partial charge in [0.2, 0.25) is 0 Å². The van der Waals surface area contributed by atoms with Crippen LogP contribution in [0.5, 0.6) is 23.0 Å². The van der Waals surface area contributed by atoms with Gasteiger partial charge in [-0.15, -0.1) is 0 Å². The zero-order valence-electron chi connectivity index (χ0n) is 28.3. The first kappa shape index (κ1) is 31.6. The first-order valence-electron chi connectivity index (χ1n) is 15.9. The van der Waals surface area contributed by atoms with Crippen molar-refractivity contribution in [1.29, 1.82) is 0 Å². The van der Waals surface area contributed by atoms with Crippen LogP contribution in [-0.4, -0.2) is 35.0 Å². The number of rotatable bonds is 9. The Balaban J connectivity index is 1.48. The molecule has 0 saturated heterocycles. The molecule has 0 unspecified atom stereocenters. The first-order valence-corrected chi connectivity index (χ1v) is 15.9. The van der Waals surface area contributed by atoms with E-state index >= 15 is 0 Å². The summed E-state index contributed by atoms with van der Waals surface area (Å²) >= 11 is 0. The molecule has 2 aromatic rings. The minimum absolute atomic E-state index is 0.145. The zero-order valence-corrected chi connectivity index (χ0v) is 28.3. The van der Waals surface area contributed by atoms with Gasteiger partial charge in [0.15, 0.2) is 0 Å². The van der Waals surface area contributed by atoms with Crippen molar-refractivity contribution < 1.29 is 18.9 Å². The predicted octanol–water partition coefficient (Wildman–Crippen LogP) is 9.47. The van der Waals surface area contributed by atoms with Crippen molar-refractivity contribution in [3.8, 4) is 23.0 Å². The molecular weight excluding hydrogens is 546 g/mol. The van der Waals surface area contributed by atoms with Gasteiger partial charge < -0.3 is 23.8 Å². The summed E-state index contributed by atoms with van der Waals surface area (Å²) in [6, 6.07) is 8.32. The SMILES string of the molecule is CCC1=C(/C=C/C2=CC(=C/C=C3\N(CC)c4c(OC)cc(OC)cc4C3(C)C)/CCC2)C(C)(C)c2cc(OC)cc(OC)c21. The molecule has 0 spiro atoms. The molecule has 0 atom stereocenters. The van der Waals surface area contributed by atoms with Gasteiger partial charge in [0.25, 0.3) is 0 Å². The van der Waals surface area contributed by atoms with E-state index in [1.54, 1.807) is 28.4 Å². The lowest BCUT2D eigenvalue weighted by atomic mass is 9.80. The van der Waals surface area contributed by atoms with E-state index in [-0.39, 0.29) is 10.8 Å². The fourth-order valence-electron chi connectivity index (χ4n) is 7.36. The summed E-state index contributed by atoms with van der Waals surface area (Å²) < 4.78 is 22.9. The molecule has 3 aliphatic rings. The van der Waals surface area contributed by atoms with Crippen molar-refractivity contribution >= 4 is 11.3 Å². The molecule has 2 aliphatic carbocycles. The van der Waals surface area contributed by atoms with Gasteiger partial charge in [0.05, 0.1) is 34.1 Å². The van der Waals surface area contributed by atoms with E-state index in [1.807, 2.05) is 12.1 Å². The summed E-state index contributed by atoms with van der Waals surface area (Å²) in [6.45, 7) is 14.5. The van der Waals surface area contributed by atoms with Gasteiger partial charge in [-0.05, 0) is 84.2 Å². The molecule has 5 nitrogen and oxygen atoms in total. The molecule has 0 bridgehead atoms. The average Bonchev–Trinajstić information content (AvgIpc) is 3.39. The van der Waals surface area contributed by atoms with E-state index in [4.69, 9.17) is 18.9 Å². The van der Waals surface area contributed by atoms with Gasteiger partial charge in [-0.2, -0.15) is 0 Å². The number of hydrogen-bond acceptors (Lipinski definition) is 5. The van der Waals surface area contributed by atoms with E-state index < -0.39 is 0 Å². The van der Waals surface area contributed by atoms with Crippen LogP contribution in [0.4, 0.5) is 5.69 Å².